The molecule has 1 aromatic rings. The lowest BCUT2D eigenvalue weighted by Gasteiger charge is -2.10. The molecule has 0 fully saturated rings. The molecule has 0 saturated heterocycles. The van der Waals surface area contributed by atoms with E-state index in [9.17, 15) is 4.79 Å². The third-order valence-corrected chi connectivity index (χ3v) is 2.98. The van der Waals surface area contributed by atoms with Crippen LogP contribution in [0.5, 0.6) is 5.75 Å². The van der Waals surface area contributed by atoms with Crippen molar-refractivity contribution in [3.05, 3.63) is 29.8 Å². The lowest BCUT2D eigenvalue weighted by molar-refractivity contribution is -0.136. The van der Waals surface area contributed by atoms with E-state index < -0.39 is 5.97 Å². The Bertz CT molecular complexity index is 348. The van der Waals surface area contributed by atoms with Crippen molar-refractivity contribution in [2.24, 2.45) is 0 Å². The van der Waals surface area contributed by atoms with Crippen LogP contribution in [0.1, 0.15) is 25.3 Å². The van der Waals surface area contributed by atoms with Gasteiger partial charge in [0.25, 0.3) is 0 Å². The number of aryl methyl sites for hydroxylation is 1. The highest BCUT2D eigenvalue weighted by molar-refractivity contribution is 7.81. The highest BCUT2D eigenvalue weighted by Gasteiger charge is 2.02. The van der Waals surface area contributed by atoms with Gasteiger partial charge in [0.15, 0.2) is 0 Å². The summed E-state index contributed by atoms with van der Waals surface area (Å²) in [4.78, 5) is 10.4. The number of aliphatic carboxylic acids is 1. The molecule has 1 unspecified atom stereocenters. The van der Waals surface area contributed by atoms with Crippen LogP contribution < -0.4 is 4.74 Å². The van der Waals surface area contributed by atoms with Gasteiger partial charge in [-0.05, 0) is 30.5 Å². The monoisotopic (exact) mass is 254 g/mol. The molecule has 0 aliphatic carbocycles. The molecule has 1 rings (SSSR count). The fourth-order valence-electron chi connectivity index (χ4n) is 1.31. The Balaban J connectivity index is 2.41. The molecule has 1 aromatic carbocycles. The minimum absolute atomic E-state index is 0.161. The maximum atomic E-state index is 10.4. The molecule has 1 atom stereocenters. The number of ether oxygens (including phenoxy) is 1. The van der Waals surface area contributed by atoms with E-state index in [1.165, 1.54) is 0 Å². The van der Waals surface area contributed by atoms with Gasteiger partial charge in [-0.3, -0.25) is 4.79 Å². The summed E-state index contributed by atoms with van der Waals surface area (Å²) in [7, 11) is 0. The highest BCUT2D eigenvalue weighted by Crippen LogP contribution is 2.14. The van der Waals surface area contributed by atoms with Crippen LogP contribution in [0.25, 0.3) is 0 Å². The van der Waals surface area contributed by atoms with Gasteiger partial charge in [0.1, 0.15) is 5.75 Å². The Hall–Kier alpha value is -1.16. The summed E-state index contributed by atoms with van der Waals surface area (Å²) < 4.78 is 5.55. The third kappa shape index (κ3) is 5.63. The molecule has 0 aliphatic heterocycles. The maximum Gasteiger partial charge on any atom is 0.303 e. The number of carboxylic acids is 1. The van der Waals surface area contributed by atoms with Crippen LogP contribution in [0.2, 0.25) is 0 Å². The predicted molar refractivity (Wildman–Crippen MR) is 71.0 cm³/mol. The van der Waals surface area contributed by atoms with Gasteiger partial charge >= 0.3 is 5.97 Å². The van der Waals surface area contributed by atoms with Crippen molar-refractivity contribution in [3.8, 4) is 5.75 Å². The van der Waals surface area contributed by atoms with Gasteiger partial charge in [-0.1, -0.05) is 19.1 Å². The van der Waals surface area contributed by atoms with E-state index in [1.54, 1.807) is 0 Å². The summed E-state index contributed by atoms with van der Waals surface area (Å²) in [5.41, 5.74) is 1.01. The topological polar surface area (TPSA) is 46.5 Å². The van der Waals surface area contributed by atoms with Gasteiger partial charge in [-0.2, -0.15) is 12.6 Å². The Morgan fingerprint density at radius 3 is 2.59 bits per heavy atom. The molecule has 0 saturated carbocycles. The Kier molecular flexibility index (Phi) is 5.91. The third-order valence-electron chi connectivity index (χ3n) is 2.46. The number of carboxylic acid groups (broad SMARTS) is 1. The Labute approximate surface area is 107 Å². The first-order valence-corrected chi connectivity index (χ1v) is 6.25. The second-order valence-electron chi connectivity index (χ2n) is 3.91. The maximum absolute atomic E-state index is 10.4. The normalized spacial score (nSPS) is 12.1. The molecule has 1 N–H and O–H groups in total. The van der Waals surface area contributed by atoms with E-state index in [1.807, 2.05) is 24.3 Å². The Morgan fingerprint density at radius 1 is 1.41 bits per heavy atom. The van der Waals surface area contributed by atoms with Crippen molar-refractivity contribution >= 4 is 18.6 Å². The van der Waals surface area contributed by atoms with Crippen molar-refractivity contribution < 1.29 is 14.6 Å². The molecular weight excluding hydrogens is 236 g/mol. The van der Waals surface area contributed by atoms with Gasteiger partial charge in [0.2, 0.25) is 0 Å². The van der Waals surface area contributed by atoms with Gasteiger partial charge in [0.05, 0.1) is 6.61 Å². The van der Waals surface area contributed by atoms with Gasteiger partial charge in [0, 0.05) is 11.7 Å². The molecule has 0 heterocycles. The number of hydrogen-bond acceptors (Lipinski definition) is 3. The SMILES string of the molecule is CCC(S)COc1ccc(CCC(=O)O)cc1. The molecule has 4 heteroatoms. The standard InChI is InChI=1S/C13H18O3S/c1-2-12(17)9-16-11-6-3-10(4-7-11)5-8-13(14)15/h3-4,6-7,12,17H,2,5,8-9H2,1H3,(H,14,15). The second-order valence-corrected chi connectivity index (χ2v) is 4.64. The fraction of sp³-hybridized carbons (Fsp3) is 0.462. The van der Waals surface area contributed by atoms with Crippen molar-refractivity contribution in [1.82, 2.24) is 0 Å². The summed E-state index contributed by atoms with van der Waals surface area (Å²) >= 11 is 4.35. The van der Waals surface area contributed by atoms with E-state index in [0.29, 0.717) is 13.0 Å². The fourth-order valence-corrected chi connectivity index (χ4v) is 1.39. The van der Waals surface area contributed by atoms with Crippen LogP contribution in [0.3, 0.4) is 0 Å². The first-order chi connectivity index (χ1) is 8.11. The van der Waals surface area contributed by atoms with Gasteiger partial charge < -0.3 is 9.84 Å². The quantitative estimate of drug-likeness (QED) is 0.735. The van der Waals surface area contributed by atoms with Crippen molar-refractivity contribution in [2.45, 2.75) is 31.4 Å². The van der Waals surface area contributed by atoms with Crippen LogP contribution in [0.15, 0.2) is 24.3 Å². The van der Waals surface area contributed by atoms with Crippen molar-refractivity contribution in [2.75, 3.05) is 6.61 Å². The van der Waals surface area contributed by atoms with Gasteiger partial charge in [-0.25, -0.2) is 0 Å². The molecule has 17 heavy (non-hydrogen) atoms. The molecule has 0 radical (unpaired) electrons. The molecule has 0 aromatic heterocycles. The summed E-state index contributed by atoms with van der Waals surface area (Å²) in [6.45, 7) is 2.66. The predicted octanol–water partition coefficient (Wildman–Crippen LogP) is 2.79. The average molecular weight is 254 g/mol. The van der Waals surface area contributed by atoms with Gasteiger partial charge in [-0.15, -0.1) is 0 Å². The average Bonchev–Trinajstić information content (AvgIpc) is 2.34. The van der Waals surface area contributed by atoms with Crippen molar-refractivity contribution in [1.29, 1.82) is 0 Å². The zero-order chi connectivity index (χ0) is 12.7. The summed E-state index contributed by atoms with van der Waals surface area (Å²) in [6, 6.07) is 7.54. The molecular formula is C13H18O3S. The van der Waals surface area contributed by atoms with E-state index in [-0.39, 0.29) is 11.7 Å². The number of carbonyl (C=O) groups is 1. The first kappa shape index (κ1) is 13.9. The van der Waals surface area contributed by atoms with Crippen LogP contribution in [-0.2, 0) is 11.2 Å². The summed E-state index contributed by atoms with van der Waals surface area (Å²) in [5.74, 6) is 0.0303. The lowest BCUT2D eigenvalue weighted by Crippen LogP contribution is -2.10. The zero-order valence-corrected chi connectivity index (χ0v) is 10.8. The van der Waals surface area contributed by atoms with Crippen LogP contribution in [0, 0.1) is 0 Å². The van der Waals surface area contributed by atoms with Crippen LogP contribution in [0.4, 0.5) is 0 Å². The zero-order valence-electron chi connectivity index (χ0n) is 9.93. The number of benzene rings is 1. The number of rotatable bonds is 7. The molecule has 0 amide bonds. The molecule has 0 spiro atoms. The Morgan fingerprint density at radius 2 is 2.06 bits per heavy atom. The minimum Gasteiger partial charge on any atom is -0.492 e. The number of hydrogen-bond donors (Lipinski definition) is 2. The first-order valence-electron chi connectivity index (χ1n) is 5.73. The smallest absolute Gasteiger partial charge is 0.303 e. The van der Waals surface area contributed by atoms with Crippen LogP contribution in [-0.4, -0.2) is 22.9 Å². The van der Waals surface area contributed by atoms with E-state index >= 15 is 0 Å². The van der Waals surface area contributed by atoms with E-state index in [2.05, 4.69) is 19.6 Å². The number of thiol groups is 1. The second kappa shape index (κ2) is 7.22. The largest absolute Gasteiger partial charge is 0.492 e. The lowest BCUT2D eigenvalue weighted by atomic mass is 10.1. The van der Waals surface area contributed by atoms with E-state index in [4.69, 9.17) is 9.84 Å². The molecule has 3 nitrogen and oxygen atoms in total. The van der Waals surface area contributed by atoms with E-state index in [0.717, 1.165) is 17.7 Å². The molecule has 94 valence electrons. The molecule has 0 bridgehead atoms. The summed E-state index contributed by atoms with van der Waals surface area (Å²) in [5, 5.41) is 8.82. The summed E-state index contributed by atoms with van der Waals surface area (Å²) in [6.07, 6.45) is 1.69. The van der Waals surface area contributed by atoms with Crippen LogP contribution >= 0.6 is 12.6 Å². The minimum atomic E-state index is -0.772. The van der Waals surface area contributed by atoms with Crippen molar-refractivity contribution in [3.63, 3.8) is 0 Å². The molecule has 0 aliphatic rings. The highest BCUT2D eigenvalue weighted by atomic mass is 32.1.